The summed E-state index contributed by atoms with van der Waals surface area (Å²) in [6.07, 6.45) is 10.7. The fourth-order valence-corrected chi connectivity index (χ4v) is 8.17. The minimum atomic E-state index is -1.13. The Morgan fingerprint density at radius 3 is 1.13 bits per heavy atom. The number of likely N-dealkylation sites (tertiary alicyclic amines) is 2. The first kappa shape index (κ1) is 37.4. The van der Waals surface area contributed by atoms with Crippen LogP contribution in [-0.4, -0.2) is 97.5 Å². The molecule has 9 heteroatoms. The van der Waals surface area contributed by atoms with Crippen LogP contribution >= 0.6 is 0 Å². The number of hydrogen-bond donors (Lipinski definition) is 0. The van der Waals surface area contributed by atoms with E-state index >= 15 is 0 Å². The molecule has 2 aromatic rings. The van der Waals surface area contributed by atoms with Gasteiger partial charge in [-0.2, -0.15) is 0 Å². The fourth-order valence-electron chi connectivity index (χ4n) is 8.17. The van der Waals surface area contributed by atoms with Crippen molar-refractivity contribution < 1.29 is 29.4 Å². The average Bonchev–Trinajstić information content (AvgIpc) is 3.70. The molecule has 8 nitrogen and oxygen atoms in total. The van der Waals surface area contributed by atoms with E-state index in [1.54, 1.807) is 0 Å². The molecule has 4 aliphatic rings. The third kappa shape index (κ3) is 10.8. The van der Waals surface area contributed by atoms with Crippen LogP contribution < -0.4 is 10.2 Å². The van der Waals surface area contributed by atoms with Crippen LogP contribution in [0.15, 0.2) is 60.7 Å². The van der Waals surface area contributed by atoms with E-state index in [4.69, 9.17) is 0 Å². The second kappa shape index (κ2) is 18.4. The molecule has 4 fully saturated rings. The molecule has 2 saturated carbocycles. The molecule has 0 spiro atoms. The van der Waals surface area contributed by atoms with E-state index in [0.29, 0.717) is 36.5 Å². The molecule has 0 radical (unpaired) electrons. The van der Waals surface area contributed by atoms with Gasteiger partial charge in [-0.05, 0) is 73.3 Å². The number of benzene rings is 2. The van der Waals surface area contributed by atoms with Gasteiger partial charge in [0.1, 0.15) is 0 Å². The number of carbonyl (C=O) groups excluding carboxylic acids is 4. The van der Waals surface area contributed by atoms with E-state index in [1.807, 2.05) is 70.5 Å². The minimum absolute atomic E-state index is 0. The Kier molecular flexibility index (Phi) is 14.6. The largest absolute Gasteiger partial charge is 2.00 e. The number of carboxylic acid groups (broad SMARTS) is 2. The third-order valence-electron chi connectivity index (χ3n) is 10.8. The molecular weight excluding hydrogens is 621 g/mol. The van der Waals surface area contributed by atoms with E-state index in [1.165, 1.54) is 51.4 Å². The Hall–Kier alpha value is -2.42. The molecule has 6 atom stereocenters. The molecule has 0 aromatic heterocycles. The van der Waals surface area contributed by atoms with E-state index in [9.17, 15) is 29.4 Å². The number of amides is 2. The van der Waals surface area contributed by atoms with Gasteiger partial charge >= 0.3 is 37.7 Å². The summed E-state index contributed by atoms with van der Waals surface area (Å²) in [6, 6.07) is 18.9. The van der Waals surface area contributed by atoms with Crippen LogP contribution in [0.25, 0.3) is 0 Å². The predicted octanol–water partition coefficient (Wildman–Crippen LogP) is 2.89. The summed E-state index contributed by atoms with van der Waals surface area (Å²) in [7, 11) is 0. The van der Waals surface area contributed by atoms with Crippen molar-refractivity contribution in [3.05, 3.63) is 71.8 Å². The van der Waals surface area contributed by atoms with Crippen LogP contribution in [0.2, 0.25) is 0 Å². The Bertz CT molecular complexity index is 1190. The summed E-state index contributed by atoms with van der Waals surface area (Å²) in [4.78, 5) is 51.7. The van der Waals surface area contributed by atoms with Gasteiger partial charge in [0.25, 0.3) is 0 Å². The zero-order valence-electron chi connectivity index (χ0n) is 27.6. The van der Waals surface area contributed by atoms with Crippen LogP contribution in [0.3, 0.4) is 0 Å². The van der Waals surface area contributed by atoms with E-state index < -0.39 is 23.8 Å². The van der Waals surface area contributed by atoms with Crippen molar-refractivity contribution in [3.63, 3.8) is 0 Å². The molecule has 2 aliphatic heterocycles. The molecule has 0 bridgehead atoms. The smallest absolute Gasteiger partial charge is 0.550 e. The van der Waals surface area contributed by atoms with Crippen LogP contribution in [0.4, 0.5) is 0 Å². The quantitative estimate of drug-likeness (QED) is 0.359. The van der Waals surface area contributed by atoms with E-state index in [2.05, 4.69) is 0 Å². The number of fused-ring (bicyclic) bond motifs is 2. The van der Waals surface area contributed by atoms with Crippen LogP contribution in [0, 0.1) is 35.5 Å². The number of nitrogens with zero attached hydrogens (tertiary/aromatic N) is 2. The summed E-state index contributed by atoms with van der Waals surface area (Å²) in [6.45, 7) is 3.26. The van der Waals surface area contributed by atoms with Gasteiger partial charge in [0.2, 0.25) is 11.8 Å². The number of hydrogen-bond acceptors (Lipinski definition) is 6. The zero-order chi connectivity index (χ0) is 32.5. The third-order valence-corrected chi connectivity index (χ3v) is 10.8. The molecule has 0 unspecified atom stereocenters. The second-order valence-corrected chi connectivity index (χ2v) is 14.0. The Morgan fingerprint density at radius 1 is 0.553 bits per heavy atom. The summed E-state index contributed by atoms with van der Waals surface area (Å²) in [5.41, 5.74) is 1.87. The SMILES string of the molecule is O=C([O-])[C@@H](CC(=O)N1C[C@@H]2CCCC[C@H]2C1)Cc1ccccc1.O=C([O-])[C@@H](CC(=O)N1C[C@@H]2CCCC[C@H]2C1)Cc1ccccc1.[Ca+2]. The van der Waals surface area contributed by atoms with Crippen molar-refractivity contribution in [1.82, 2.24) is 9.80 Å². The first-order valence-corrected chi connectivity index (χ1v) is 17.3. The first-order valence-electron chi connectivity index (χ1n) is 17.3. The molecule has 0 N–H and O–H groups in total. The zero-order valence-corrected chi connectivity index (χ0v) is 29.8. The minimum Gasteiger partial charge on any atom is -0.550 e. The van der Waals surface area contributed by atoms with Crippen LogP contribution in [0.5, 0.6) is 0 Å². The maximum Gasteiger partial charge on any atom is 2.00 e. The van der Waals surface area contributed by atoms with Gasteiger partial charge in [-0.1, -0.05) is 86.3 Å². The summed E-state index contributed by atoms with van der Waals surface area (Å²) >= 11 is 0. The van der Waals surface area contributed by atoms with Gasteiger partial charge in [-0.15, -0.1) is 0 Å². The molecule has 2 heterocycles. The van der Waals surface area contributed by atoms with Crippen molar-refractivity contribution in [2.45, 2.75) is 77.0 Å². The summed E-state index contributed by atoms with van der Waals surface area (Å²) in [5.74, 6) is -1.27. The van der Waals surface area contributed by atoms with E-state index in [0.717, 1.165) is 37.3 Å². The number of carboxylic acids is 2. The molecular formula is C38H48CaN2O6. The molecule has 47 heavy (non-hydrogen) atoms. The predicted molar refractivity (Wildman–Crippen MR) is 176 cm³/mol. The van der Waals surface area contributed by atoms with Crippen molar-refractivity contribution in [2.75, 3.05) is 26.2 Å². The molecule has 6 rings (SSSR count). The second-order valence-electron chi connectivity index (χ2n) is 14.0. The average molecular weight is 669 g/mol. The summed E-state index contributed by atoms with van der Waals surface area (Å²) < 4.78 is 0. The standard InChI is InChI=1S/2C19H25NO3.Ca/c2*21-18(20-12-15-8-4-5-9-16(15)13-20)11-17(19(22)23)10-14-6-2-1-3-7-14;/h2*1-3,6-7,15-17H,4-5,8-13H2,(H,22,23);/q;;+2/p-2/t2*15-,16-,17+;/m00./s1. The van der Waals surface area contributed by atoms with Crippen molar-refractivity contribution in [3.8, 4) is 0 Å². The molecule has 2 saturated heterocycles. The number of carbonyl (C=O) groups is 4. The molecule has 248 valence electrons. The monoisotopic (exact) mass is 668 g/mol. The summed E-state index contributed by atoms with van der Waals surface area (Å²) in [5, 5.41) is 22.8. The van der Waals surface area contributed by atoms with Crippen LogP contribution in [0.1, 0.15) is 75.3 Å². The van der Waals surface area contributed by atoms with Gasteiger partial charge in [-0.25, -0.2) is 0 Å². The van der Waals surface area contributed by atoms with Crippen molar-refractivity contribution in [2.24, 2.45) is 35.5 Å². The van der Waals surface area contributed by atoms with E-state index in [-0.39, 0.29) is 62.4 Å². The Labute approximate surface area is 309 Å². The maximum absolute atomic E-state index is 12.5. The normalized spacial score (nSPS) is 24.4. The van der Waals surface area contributed by atoms with Gasteiger partial charge in [0, 0.05) is 62.8 Å². The van der Waals surface area contributed by atoms with Crippen LogP contribution in [-0.2, 0) is 32.0 Å². The molecule has 2 aliphatic carbocycles. The van der Waals surface area contributed by atoms with Crippen molar-refractivity contribution >= 4 is 61.5 Å². The van der Waals surface area contributed by atoms with Gasteiger partial charge in [0.15, 0.2) is 0 Å². The maximum atomic E-state index is 12.5. The Morgan fingerprint density at radius 2 is 0.851 bits per heavy atom. The molecule has 2 aromatic carbocycles. The van der Waals surface area contributed by atoms with Gasteiger partial charge in [-0.3, -0.25) is 9.59 Å². The molecule has 2 amide bonds. The fraction of sp³-hybridized carbons (Fsp3) is 0.579. The van der Waals surface area contributed by atoms with Crippen molar-refractivity contribution in [1.29, 1.82) is 0 Å². The van der Waals surface area contributed by atoms with Gasteiger partial charge in [0.05, 0.1) is 0 Å². The number of aliphatic carboxylic acids is 2. The Balaban J connectivity index is 0.000000208. The van der Waals surface area contributed by atoms with Gasteiger partial charge < -0.3 is 29.6 Å². The topological polar surface area (TPSA) is 121 Å². The first-order chi connectivity index (χ1) is 22.3. The number of rotatable bonds is 10.